The van der Waals surface area contributed by atoms with Crippen LogP contribution in [-0.4, -0.2) is 56.5 Å². The number of imide groups is 1. The van der Waals surface area contributed by atoms with Crippen molar-refractivity contribution < 1.29 is 24.4 Å². The molecule has 2 N–H and O–H groups in total. The number of benzene rings is 1. The molecule has 0 aliphatic carbocycles. The Hall–Kier alpha value is -2.41. The van der Waals surface area contributed by atoms with E-state index in [1.165, 1.54) is 14.2 Å². The second kappa shape index (κ2) is 6.39. The lowest BCUT2D eigenvalue weighted by molar-refractivity contribution is -0.734. The summed E-state index contributed by atoms with van der Waals surface area (Å²) in [6.45, 7) is 1.86. The second-order valence-corrected chi connectivity index (χ2v) is 7.30. The van der Waals surface area contributed by atoms with Crippen molar-refractivity contribution in [2.24, 2.45) is 11.8 Å². The quantitative estimate of drug-likeness (QED) is 0.600. The van der Waals surface area contributed by atoms with Gasteiger partial charge in [0.15, 0.2) is 0 Å². The normalized spacial score (nSPS) is 30.5. The van der Waals surface area contributed by atoms with Gasteiger partial charge in [-0.1, -0.05) is 19.1 Å². The molecule has 2 aliphatic rings. The number of quaternary nitrogens is 1. The van der Waals surface area contributed by atoms with Gasteiger partial charge in [-0.15, -0.1) is 0 Å². The van der Waals surface area contributed by atoms with E-state index >= 15 is 0 Å². The second-order valence-electron chi connectivity index (χ2n) is 7.30. The zero-order chi connectivity index (χ0) is 19.2. The molecule has 1 aromatic rings. The number of carbonyl (C=O) groups is 3. The molecular weight excluding hydrogens is 334 g/mol. The largest absolute Gasteiger partial charge is 0.464 e. The molecule has 2 heterocycles. The van der Waals surface area contributed by atoms with Gasteiger partial charge in [0.1, 0.15) is 17.9 Å². The van der Waals surface area contributed by atoms with Gasteiger partial charge in [-0.05, 0) is 12.1 Å². The number of hydrogen-bond acceptors (Lipinski definition) is 5. The molecule has 4 atom stereocenters. The van der Waals surface area contributed by atoms with Gasteiger partial charge in [0.25, 0.3) is 0 Å². The van der Waals surface area contributed by atoms with E-state index in [1.54, 1.807) is 0 Å². The summed E-state index contributed by atoms with van der Waals surface area (Å²) in [6, 6.07) is 7.59. The number of anilines is 1. The lowest BCUT2D eigenvalue weighted by Crippen LogP contribution is -2.98. The number of carbonyl (C=O) groups excluding carboxylic acids is 3. The van der Waals surface area contributed by atoms with Crippen molar-refractivity contribution in [1.82, 2.24) is 4.90 Å². The Morgan fingerprint density at radius 2 is 1.85 bits per heavy atom. The Morgan fingerprint density at radius 3 is 2.35 bits per heavy atom. The van der Waals surface area contributed by atoms with E-state index in [4.69, 9.17) is 4.74 Å². The van der Waals surface area contributed by atoms with Crippen LogP contribution in [0.25, 0.3) is 0 Å². The van der Waals surface area contributed by atoms with Crippen LogP contribution in [0.4, 0.5) is 5.69 Å². The first-order chi connectivity index (χ1) is 12.3. The smallest absolute Gasteiger partial charge is 0.368 e. The minimum atomic E-state index is -1.07. The van der Waals surface area contributed by atoms with E-state index in [0.717, 1.165) is 16.2 Å². The molecule has 26 heavy (non-hydrogen) atoms. The van der Waals surface area contributed by atoms with E-state index in [2.05, 4.69) is 0 Å². The van der Waals surface area contributed by atoms with Crippen molar-refractivity contribution in [1.29, 1.82) is 0 Å². The highest BCUT2D eigenvalue weighted by atomic mass is 16.5. The summed E-state index contributed by atoms with van der Waals surface area (Å²) < 4.78 is 5.03. The summed E-state index contributed by atoms with van der Waals surface area (Å²) in [7, 11) is 6.74. The number of hydrogen-bond donors (Lipinski definition) is 1. The van der Waals surface area contributed by atoms with Crippen LogP contribution >= 0.6 is 0 Å². The van der Waals surface area contributed by atoms with Gasteiger partial charge >= 0.3 is 5.97 Å². The summed E-state index contributed by atoms with van der Waals surface area (Å²) in [5.74, 6) is -2.22. The summed E-state index contributed by atoms with van der Waals surface area (Å²) >= 11 is 0. The number of amides is 2. The Balaban J connectivity index is 2.08. The first-order valence-corrected chi connectivity index (χ1v) is 8.81. The van der Waals surface area contributed by atoms with E-state index < -0.39 is 23.3 Å². The molecule has 1 aromatic carbocycles. The van der Waals surface area contributed by atoms with Crippen LogP contribution in [0.15, 0.2) is 24.3 Å². The Morgan fingerprint density at radius 1 is 1.23 bits per heavy atom. The minimum absolute atomic E-state index is 0.225. The predicted molar refractivity (Wildman–Crippen MR) is 95.2 cm³/mol. The fraction of sp³-hybridized carbons (Fsp3) is 0.526. The summed E-state index contributed by atoms with van der Waals surface area (Å²) in [4.78, 5) is 41.4. The standard InChI is InChI=1S/C19H25N3O4/c1-6-19(18(25)26-5)14-13(16(23)22(4)17(14)24)15(20-19)11-7-9-12(10-8-11)21(2)3/h7-10,13-15,20H,6H2,1-5H3/p+1/t13-,14-,15-,19-/m0/s1. The Bertz CT molecular complexity index is 746. The molecule has 2 amide bonds. The maximum atomic E-state index is 12.8. The highest BCUT2D eigenvalue weighted by Crippen LogP contribution is 2.45. The Labute approximate surface area is 153 Å². The van der Waals surface area contributed by atoms with Gasteiger partial charge < -0.3 is 15.0 Å². The summed E-state index contributed by atoms with van der Waals surface area (Å²) in [5, 5.41) is 1.88. The number of esters is 1. The number of likely N-dealkylation sites (tertiary alicyclic amines) is 1. The van der Waals surface area contributed by atoms with Crippen LogP contribution in [-0.2, 0) is 19.1 Å². The van der Waals surface area contributed by atoms with Crippen molar-refractivity contribution >= 4 is 23.5 Å². The molecule has 0 aromatic heterocycles. The minimum Gasteiger partial charge on any atom is -0.464 e. The van der Waals surface area contributed by atoms with Crippen LogP contribution in [0.5, 0.6) is 0 Å². The van der Waals surface area contributed by atoms with Crippen molar-refractivity contribution in [3.05, 3.63) is 29.8 Å². The van der Waals surface area contributed by atoms with Crippen molar-refractivity contribution in [2.75, 3.05) is 33.2 Å². The number of nitrogens with zero attached hydrogens (tertiary/aromatic N) is 2. The van der Waals surface area contributed by atoms with Crippen LogP contribution in [0, 0.1) is 11.8 Å². The average Bonchev–Trinajstić information content (AvgIpc) is 3.11. The monoisotopic (exact) mass is 360 g/mol. The molecule has 0 spiro atoms. The van der Waals surface area contributed by atoms with Gasteiger partial charge in [-0.25, -0.2) is 4.79 Å². The first-order valence-electron chi connectivity index (χ1n) is 8.81. The molecule has 2 saturated heterocycles. The highest BCUT2D eigenvalue weighted by Gasteiger charge is 2.71. The summed E-state index contributed by atoms with van der Waals surface area (Å²) in [6.07, 6.45) is 0.417. The maximum absolute atomic E-state index is 12.8. The number of nitrogens with two attached hydrogens (primary N) is 1. The van der Waals surface area contributed by atoms with Gasteiger partial charge in [0.2, 0.25) is 17.4 Å². The van der Waals surface area contributed by atoms with E-state index in [0.29, 0.717) is 6.42 Å². The molecule has 2 fully saturated rings. The lowest BCUT2D eigenvalue weighted by atomic mass is 9.78. The van der Waals surface area contributed by atoms with Crippen LogP contribution in [0.3, 0.4) is 0 Å². The third kappa shape index (κ3) is 2.41. The van der Waals surface area contributed by atoms with E-state index in [1.807, 2.05) is 55.5 Å². The molecule has 7 nitrogen and oxygen atoms in total. The topological polar surface area (TPSA) is 83.5 Å². The number of rotatable bonds is 4. The zero-order valence-corrected chi connectivity index (χ0v) is 15.9. The van der Waals surface area contributed by atoms with Crippen LogP contribution in [0.2, 0.25) is 0 Å². The van der Waals surface area contributed by atoms with Crippen LogP contribution < -0.4 is 10.2 Å². The molecule has 0 unspecified atom stereocenters. The molecule has 0 saturated carbocycles. The van der Waals surface area contributed by atoms with Gasteiger partial charge in [-0.2, -0.15) is 0 Å². The SMILES string of the molecule is CC[C@]1(C(=O)OC)[NH2+][C@@H](c2ccc(N(C)C)cc2)[C@H]2C(=O)N(C)C(=O)[C@H]21. The molecule has 140 valence electrons. The molecule has 7 heteroatoms. The van der Waals surface area contributed by atoms with Crippen molar-refractivity contribution in [3.8, 4) is 0 Å². The van der Waals surface area contributed by atoms with Crippen molar-refractivity contribution in [2.45, 2.75) is 24.9 Å². The van der Waals surface area contributed by atoms with Gasteiger partial charge in [0, 0.05) is 38.8 Å². The van der Waals surface area contributed by atoms with Gasteiger partial charge in [-0.3, -0.25) is 14.5 Å². The molecular formula is C19H26N3O4+. The highest BCUT2D eigenvalue weighted by molar-refractivity contribution is 6.08. The lowest BCUT2D eigenvalue weighted by Gasteiger charge is -2.27. The third-order valence-corrected chi connectivity index (χ3v) is 5.94. The third-order valence-electron chi connectivity index (χ3n) is 5.94. The first kappa shape index (κ1) is 18.4. The average molecular weight is 360 g/mol. The van der Waals surface area contributed by atoms with Crippen molar-refractivity contribution in [3.63, 3.8) is 0 Å². The zero-order valence-electron chi connectivity index (χ0n) is 15.9. The molecule has 3 rings (SSSR count). The number of ether oxygens (including phenoxy) is 1. The van der Waals surface area contributed by atoms with E-state index in [9.17, 15) is 14.4 Å². The fourth-order valence-electron chi connectivity index (χ4n) is 4.43. The van der Waals surface area contributed by atoms with Gasteiger partial charge in [0.05, 0.1) is 7.11 Å². The molecule has 0 radical (unpaired) electrons. The predicted octanol–water partition coefficient (Wildman–Crippen LogP) is -0.0765. The number of fused-ring (bicyclic) bond motifs is 1. The molecule has 2 aliphatic heterocycles. The molecule has 0 bridgehead atoms. The van der Waals surface area contributed by atoms with E-state index in [-0.39, 0.29) is 17.9 Å². The fourth-order valence-corrected chi connectivity index (χ4v) is 4.43. The van der Waals surface area contributed by atoms with Crippen LogP contribution in [0.1, 0.15) is 24.9 Å². The maximum Gasteiger partial charge on any atom is 0.368 e. The Kier molecular flexibility index (Phi) is 4.52. The summed E-state index contributed by atoms with van der Waals surface area (Å²) in [5.41, 5.74) is 0.909. The number of methoxy groups -OCH3 is 1.